The van der Waals surface area contributed by atoms with Crippen LogP contribution in [0.1, 0.15) is 21.5 Å². The number of carbonyl (C=O) groups is 3. The largest absolute Gasteiger partial charge is 0.497 e. The van der Waals surface area contributed by atoms with Crippen molar-refractivity contribution < 1.29 is 28.6 Å². The molecule has 35 heavy (non-hydrogen) atoms. The van der Waals surface area contributed by atoms with Crippen molar-refractivity contribution in [3.63, 3.8) is 0 Å². The highest BCUT2D eigenvalue weighted by molar-refractivity contribution is 6.32. The summed E-state index contributed by atoms with van der Waals surface area (Å²) in [5, 5.41) is 3.07. The third-order valence-electron chi connectivity index (χ3n) is 5.93. The summed E-state index contributed by atoms with van der Waals surface area (Å²) in [4.78, 5) is 40.8. The number of hydrogen-bond donors (Lipinski definition) is 1. The van der Waals surface area contributed by atoms with Crippen LogP contribution in [0, 0.1) is 0 Å². The van der Waals surface area contributed by atoms with E-state index in [0.717, 1.165) is 4.90 Å². The summed E-state index contributed by atoms with van der Waals surface area (Å²) in [6.45, 7) is -0.457. The molecule has 4 rings (SSSR count). The number of ether oxygens (including phenoxy) is 3. The van der Waals surface area contributed by atoms with Gasteiger partial charge in [-0.3, -0.25) is 14.5 Å². The lowest BCUT2D eigenvalue weighted by molar-refractivity contribution is -0.129. The maximum Gasteiger partial charge on any atom is 0.325 e. The van der Waals surface area contributed by atoms with E-state index < -0.39 is 29.8 Å². The van der Waals surface area contributed by atoms with Crippen molar-refractivity contribution in [3.8, 4) is 17.2 Å². The lowest BCUT2D eigenvalue weighted by atomic mass is 9.82. The Kier molecular flexibility index (Phi) is 6.66. The lowest BCUT2D eigenvalue weighted by Gasteiger charge is -2.28. The molecule has 1 fully saturated rings. The number of nitrogens with one attached hydrogen (secondary N) is 1. The molecule has 0 spiro atoms. The zero-order valence-corrected chi connectivity index (χ0v) is 20.1. The Morgan fingerprint density at radius 3 is 1.86 bits per heavy atom. The van der Waals surface area contributed by atoms with Crippen LogP contribution in [0.2, 0.25) is 5.02 Å². The fourth-order valence-corrected chi connectivity index (χ4v) is 4.29. The molecule has 0 bridgehead atoms. The minimum atomic E-state index is -1.53. The molecule has 9 heteroatoms. The number of Topliss-reactive ketones (excluding diaryl/α,β-unsaturated/α-hetero) is 1. The summed E-state index contributed by atoms with van der Waals surface area (Å²) in [6.07, 6.45) is 0. The molecule has 3 aromatic carbocycles. The SMILES string of the molecule is COc1ccc(C2(c3ccc(OC)cc3)NC(=O)N(CC(=O)c3ccc(OC)c(Cl)c3)C2=O)cc1. The van der Waals surface area contributed by atoms with Gasteiger partial charge in [0.25, 0.3) is 5.91 Å². The predicted molar refractivity (Wildman–Crippen MR) is 129 cm³/mol. The first kappa shape index (κ1) is 24.1. The Hall–Kier alpha value is -4.04. The number of nitrogens with zero attached hydrogens (tertiary/aromatic N) is 1. The molecule has 3 aromatic rings. The van der Waals surface area contributed by atoms with Crippen LogP contribution in [0.25, 0.3) is 0 Å². The number of carbonyl (C=O) groups excluding carboxylic acids is 3. The van der Waals surface area contributed by atoms with Gasteiger partial charge >= 0.3 is 6.03 Å². The van der Waals surface area contributed by atoms with Gasteiger partial charge in [-0.05, 0) is 53.6 Å². The Balaban J connectivity index is 1.72. The van der Waals surface area contributed by atoms with E-state index in [0.29, 0.717) is 28.4 Å². The quantitative estimate of drug-likeness (QED) is 0.375. The zero-order valence-electron chi connectivity index (χ0n) is 19.3. The van der Waals surface area contributed by atoms with Crippen molar-refractivity contribution in [1.29, 1.82) is 0 Å². The first-order valence-electron chi connectivity index (χ1n) is 10.6. The van der Waals surface area contributed by atoms with Crippen molar-refractivity contribution >= 4 is 29.3 Å². The fraction of sp³-hybridized carbons (Fsp3) is 0.192. The normalized spacial score (nSPS) is 14.5. The topological polar surface area (TPSA) is 94.2 Å². The molecule has 1 saturated heterocycles. The van der Waals surface area contributed by atoms with E-state index in [9.17, 15) is 14.4 Å². The zero-order chi connectivity index (χ0) is 25.2. The highest BCUT2D eigenvalue weighted by atomic mass is 35.5. The molecule has 0 atom stereocenters. The van der Waals surface area contributed by atoms with E-state index in [4.69, 9.17) is 25.8 Å². The van der Waals surface area contributed by atoms with Crippen molar-refractivity contribution in [2.75, 3.05) is 27.9 Å². The maximum atomic E-state index is 13.9. The number of amides is 3. The highest BCUT2D eigenvalue weighted by Crippen LogP contribution is 2.37. The van der Waals surface area contributed by atoms with Gasteiger partial charge in [-0.1, -0.05) is 35.9 Å². The molecule has 0 saturated carbocycles. The van der Waals surface area contributed by atoms with Crippen molar-refractivity contribution in [2.45, 2.75) is 5.54 Å². The molecule has 3 amide bonds. The molecule has 1 heterocycles. The van der Waals surface area contributed by atoms with E-state index in [1.807, 2.05) is 0 Å². The highest BCUT2D eigenvalue weighted by Gasteiger charge is 2.54. The molecule has 1 aliphatic rings. The monoisotopic (exact) mass is 494 g/mol. The molecular formula is C26H23ClN2O6. The molecule has 180 valence electrons. The van der Waals surface area contributed by atoms with E-state index in [-0.39, 0.29) is 10.6 Å². The summed E-state index contributed by atoms with van der Waals surface area (Å²) in [5.41, 5.74) is -0.246. The molecule has 0 aliphatic carbocycles. The minimum absolute atomic E-state index is 0.251. The number of hydrogen-bond acceptors (Lipinski definition) is 6. The number of benzene rings is 3. The lowest BCUT2D eigenvalue weighted by Crippen LogP contribution is -2.45. The van der Waals surface area contributed by atoms with Crippen molar-refractivity contribution in [3.05, 3.63) is 88.4 Å². The fourth-order valence-electron chi connectivity index (χ4n) is 4.03. The van der Waals surface area contributed by atoms with E-state index in [1.165, 1.54) is 33.5 Å². The van der Waals surface area contributed by atoms with Crippen LogP contribution in [0.3, 0.4) is 0 Å². The summed E-state index contributed by atoms with van der Waals surface area (Å²) >= 11 is 6.14. The van der Waals surface area contributed by atoms with Gasteiger partial charge in [0, 0.05) is 5.56 Å². The van der Waals surface area contributed by atoms with Gasteiger partial charge in [-0.2, -0.15) is 0 Å². The van der Waals surface area contributed by atoms with Gasteiger partial charge in [0.2, 0.25) is 0 Å². The van der Waals surface area contributed by atoms with Crippen LogP contribution in [0.4, 0.5) is 4.79 Å². The van der Waals surface area contributed by atoms with Crippen LogP contribution in [-0.2, 0) is 10.3 Å². The molecule has 0 aromatic heterocycles. The van der Waals surface area contributed by atoms with Crippen molar-refractivity contribution in [1.82, 2.24) is 10.2 Å². The number of halogens is 1. The summed E-state index contributed by atoms with van der Waals surface area (Å²) in [7, 11) is 4.54. The first-order valence-corrected chi connectivity index (χ1v) is 11.0. The van der Waals surface area contributed by atoms with Crippen LogP contribution in [0.5, 0.6) is 17.2 Å². The third kappa shape index (κ3) is 4.28. The molecule has 0 unspecified atom stereocenters. The van der Waals surface area contributed by atoms with Crippen LogP contribution in [-0.4, -0.2) is 50.5 Å². The van der Waals surface area contributed by atoms with Gasteiger partial charge in [0.15, 0.2) is 11.3 Å². The molecular weight excluding hydrogens is 472 g/mol. The average molecular weight is 495 g/mol. The van der Waals surface area contributed by atoms with Crippen LogP contribution < -0.4 is 19.5 Å². The third-order valence-corrected chi connectivity index (χ3v) is 6.22. The standard InChI is InChI=1S/C26H23ClN2O6/c1-33-19-9-5-17(6-10-19)26(18-7-11-20(34-2)12-8-18)24(31)29(25(32)28-26)15-22(30)16-4-13-23(35-3)21(27)14-16/h4-14H,15H2,1-3H3,(H,28,32). The smallest absolute Gasteiger partial charge is 0.325 e. The predicted octanol–water partition coefficient (Wildman–Crippen LogP) is 4.04. The molecule has 0 radical (unpaired) electrons. The summed E-state index contributed by atoms with van der Waals surface area (Å²) in [5.74, 6) is 0.581. The number of urea groups is 1. The van der Waals surface area contributed by atoms with Gasteiger partial charge < -0.3 is 19.5 Å². The first-order chi connectivity index (χ1) is 16.8. The molecule has 1 N–H and O–H groups in total. The maximum absolute atomic E-state index is 13.9. The van der Waals surface area contributed by atoms with E-state index in [1.54, 1.807) is 54.6 Å². The second-order valence-corrected chi connectivity index (χ2v) is 8.21. The average Bonchev–Trinajstić information content (AvgIpc) is 3.14. The van der Waals surface area contributed by atoms with Crippen molar-refractivity contribution in [2.24, 2.45) is 0 Å². The van der Waals surface area contributed by atoms with Gasteiger partial charge in [0.05, 0.1) is 32.9 Å². The Morgan fingerprint density at radius 2 is 1.40 bits per heavy atom. The Morgan fingerprint density at radius 1 is 0.857 bits per heavy atom. The van der Waals surface area contributed by atoms with Crippen LogP contribution >= 0.6 is 11.6 Å². The minimum Gasteiger partial charge on any atom is -0.497 e. The van der Waals surface area contributed by atoms with Gasteiger partial charge in [-0.25, -0.2) is 4.79 Å². The Bertz CT molecular complexity index is 1230. The van der Waals surface area contributed by atoms with Gasteiger partial charge in [-0.15, -0.1) is 0 Å². The van der Waals surface area contributed by atoms with E-state index in [2.05, 4.69) is 5.32 Å². The number of imide groups is 1. The second-order valence-electron chi connectivity index (χ2n) is 7.80. The number of methoxy groups -OCH3 is 3. The molecule has 1 aliphatic heterocycles. The molecule has 8 nitrogen and oxygen atoms in total. The number of rotatable bonds is 8. The van der Waals surface area contributed by atoms with Crippen LogP contribution in [0.15, 0.2) is 66.7 Å². The number of ketones is 1. The summed E-state index contributed by atoms with van der Waals surface area (Å²) in [6, 6.07) is 17.5. The van der Waals surface area contributed by atoms with Gasteiger partial charge in [0.1, 0.15) is 17.2 Å². The Labute approximate surface area is 207 Å². The summed E-state index contributed by atoms with van der Waals surface area (Å²) < 4.78 is 15.6. The second kappa shape index (κ2) is 9.68. The van der Waals surface area contributed by atoms with E-state index >= 15 is 0 Å².